The number of nitrogens with two attached hydrogens (primary N) is 1. The molecule has 0 bridgehead atoms. The maximum atomic E-state index is 5.44. The molecule has 0 saturated heterocycles. The van der Waals surface area contributed by atoms with Crippen LogP contribution in [0.15, 0.2) is 16.7 Å². The van der Waals surface area contributed by atoms with Gasteiger partial charge in [0.25, 0.3) is 0 Å². The highest BCUT2D eigenvalue weighted by atomic mass is 32.2. The van der Waals surface area contributed by atoms with Gasteiger partial charge in [0.1, 0.15) is 10.8 Å². The number of nitrogen functional groups attached to an aromatic ring is 1. The lowest BCUT2D eigenvalue weighted by atomic mass is 10.5. The zero-order valence-electron chi connectivity index (χ0n) is 8.04. The maximum absolute atomic E-state index is 5.44. The van der Waals surface area contributed by atoms with Crippen molar-refractivity contribution >= 4 is 28.9 Å². The molecule has 0 aromatic carbocycles. The predicted octanol–water partition coefficient (Wildman–Crippen LogP) is 1.51. The molecule has 2 rings (SSSR count). The second-order valence-electron chi connectivity index (χ2n) is 2.81. The molecule has 0 spiro atoms. The van der Waals surface area contributed by atoms with Gasteiger partial charge < -0.3 is 5.73 Å². The highest BCUT2D eigenvalue weighted by molar-refractivity contribution is 8.00. The van der Waals surface area contributed by atoms with Gasteiger partial charge in [-0.25, -0.2) is 4.98 Å². The van der Waals surface area contributed by atoms with Gasteiger partial charge >= 0.3 is 0 Å². The molecule has 2 aromatic rings. The topological polar surface area (TPSA) is 77.6 Å². The van der Waals surface area contributed by atoms with Crippen molar-refractivity contribution in [1.82, 2.24) is 20.2 Å². The van der Waals surface area contributed by atoms with Gasteiger partial charge in [-0.3, -0.25) is 4.98 Å². The highest BCUT2D eigenvalue weighted by Crippen LogP contribution is 2.24. The molecule has 7 heteroatoms. The van der Waals surface area contributed by atoms with Crippen molar-refractivity contribution in [3.63, 3.8) is 0 Å². The van der Waals surface area contributed by atoms with Gasteiger partial charge in [-0.2, -0.15) is 0 Å². The summed E-state index contributed by atoms with van der Waals surface area (Å²) in [6.07, 6.45) is 3.23. The second-order valence-corrected chi connectivity index (χ2v) is 5.21. The van der Waals surface area contributed by atoms with Gasteiger partial charge in [-0.1, -0.05) is 23.1 Å². The number of aryl methyl sites for hydroxylation is 1. The summed E-state index contributed by atoms with van der Waals surface area (Å²) in [5, 5.41) is 8.91. The lowest BCUT2D eigenvalue weighted by Gasteiger charge is -1.97. The first-order valence-electron chi connectivity index (χ1n) is 4.23. The number of hydrogen-bond acceptors (Lipinski definition) is 7. The highest BCUT2D eigenvalue weighted by Gasteiger charge is 2.02. The van der Waals surface area contributed by atoms with Crippen molar-refractivity contribution in [3.05, 3.63) is 23.1 Å². The Kier molecular flexibility index (Phi) is 3.12. The first-order chi connectivity index (χ1) is 7.24. The molecule has 0 aliphatic heterocycles. The van der Waals surface area contributed by atoms with E-state index in [1.807, 2.05) is 6.92 Å². The fraction of sp³-hybridized carbons (Fsp3) is 0.250. The molecule has 0 amide bonds. The Morgan fingerprint density at radius 3 is 2.80 bits per heavy atom. The predicted molar refractivity (Wildman–Crippen MR) is 60.7 cm³/mol. The fourth-order valence-electron chi connectivity index (χ4n) is 0.912. The van der Waals surface area contributed by atoms with Crippen LogP contribution in [-0.2, 0) is 5.75 Å². The van der Waals surface area contributed by atoms with Gasteiger partial charge in [-0.15, -0.1) is 10.2 Å². The third-order valence-electron chi connectivity index (χ3n) is 1.58. The summed E-state index contributed by atoms with van der Waals surface area (Å²) in [5.41, 5.74) is 6.33. The van der Waals surface area contributed by atoms with Crippen LogP contribution in [0.2, 0.25) is 0 Å². The quantitative estimate of drug-likeness (QED) is 0.818. The summed E-state index contributed by atoms with van der Waals surface area (Å²) in [7, 11) is 0. The number of aromatic nitrogens is 4. The molecule has 78 valence electrons. The average molecular weight is 239 g/mol. The fourth-order valence-corrected chi connectivity index (χ4v) is 2.62. The SMILES string of the molecule is Cc1nnc(SCc2cnc(N)cn2)s1. The Hall–Kier alpha value is -1.21. The first-order valence-corrected chi connectivity index (χ1v) is 6.03. The molecular weight excluding hydrogens is 230 g/mol. The van der Waals surface area contributed by atoms with Crippen molar-refractivity contribution in [2.45, 2.75) is 17.0 Å². The Bertz CT molecular complexity index is 439. The lowest BCUT2D eigenvalue weighted by Crippen LogP contribution is -1.94. The minimum atomic E-state index is 0.440. The summed E-state index contributed by atoms with van der Waals surface area (Å²) in [6, 6.07) is 0. The van der Waals surface area contributed by atoms with Crippen molar-refractivity contribution < 1.29 is 0 Å². The van der Waals surface area contributed by atoms with Crippen molar-refractivity contribution in [2.75, 3.05) is 5.73 Å². The number of rotatable bonds is 3. The number of hydrogen-bond donors (Lipinski definition) is 1. The van der Waals surface area contributed by atoms with Crippen molar-refractivity contribution in [2.24, 2.45) is 0 Å². The molecule has 0 radical (unpaired) electrons. The standard InChI is InChI=1S/C8H9N5S2/c1-5-12-13-8(15-5)14-4-6-2-11-7(9)3-10-6/h2-3H,4H2,1H3,(H2,9,11). The Labute approximate surface area is 95.2 Å². The Morgan fingerprint density at radius 2 is 2.20 bits per heavy atom. The maximum Gasteiger partial charge on any atom is 0.174 e. The van der Waals surface area contributed by atoms with Gasteiger partial charge in [0.2, 0.25) is 0 Å². The summed E-state index contributed by atoms with van der Waals surface area (Å²) < 4.78 is 0.950. The van der Waals surface area contributed by atoms with Crippen LogP contribution in [0.1, 0.15) is 10.7 Å². The van der Waals surface area contributed by atoms with Gasteiger partial charge in [-0.05, 0) is 6.92 Å². The van der Waals surface area contributed by atoms with E-state index in [4.69, 9.17) is 5.73 Å². The molecule has 0 unspecified atom stereocenters. The summed E-state index contributed by atoms with van der Waals surface area (Å²) in [6.45, 7) is 1.94. The van der Waals surface area contributed by atoms with E-state index in [2.05, 4.69) is 20.2 Å². The molecule has 2 N–H and O–H groups in total. The van der Waals surface area contributed by atoms with Crippen molar-refractivity contribution in [3.8, 4) is 0 Å². The van der Waals surface area contributed by atoms with Gasteiger partial charge in [0.15, 0.2) is 4.34 Å². The van der Waals surface area contributed by atoms with Gasteiger partial charge in [0.05, 0.1) is 18.1 Å². The molecule has 0 aliphatic carbocycles. The van der Waals surface area contributed by atoms with Crippen LogP contribution in [0.4, 0.5) is 5.82 Å². The second kappa shape index (κ2) is 4.54. The molecule has 2 aromatic heterocycles. The van der Waals surface area contributed by atoms with Crippen LogP contribution in [0.3, 0.4) is 0 Å². The average Bonchev–Trinajstić information content (AvgIpc) is 2.64. The van der Waals surface area contributed by atoms with E-state index < -0.39 is 0 Å². The lowest BCUT2D eigenvalue weighted by molar-refractivity contribution is 0.982. The smallest absolute Gasteiger partial charge is 0.174 e. The molecule has 0 saturated carbocycles. The molecule has 0 atom stereocenters. The minimum absolute atomic E-state index is 0.440. The largest absolute Gasteiger partial charge is 0.382 e. The molecule has 2 heterocycles. The monoisotopic (exact) mass is 239 g/mol. The normalized spacial score (nSPS) is 10.5. The van der Waals surface area contributed by atoms with E-state index in [-0.39, 0.29) is 0 Å². The summed E-state index contributed by atoms with van der Waals surface area (Å²) in [5.74, 6) is 1.18. The van der Waals surface area contributed by atoms with Crippen LogP contribution in [0.25, 0.3) is 0 Å². The van der Waals surface area contributed by atoms with Crippen LogP contribution < -0.4 is 5.73 Å². The van der Waals surface area contributed by atoms with E-state index in [1.54, 1.807) is 35.5 Å². The third-order valence-corrected chi connectivity index (χ3v) is 3.58. The van der Waals surface area contributed by atoms with Gasteiger partial charge in [0, 0.05) is 5.75 Å². The third kappa shape index (κ3) is 2.87. The van der Waals surface area contributed by atoms with E-state index >= 15 is 0 Å². The molecule has 5 nitrogen and oxygen atoms in total. The van der Waals surface area contributed by atoms with Crippen LogP contribution >= 0.6 is 23.1 Å². The van der Waals surface area contributed by atoms with E-state index in [0.29, 0.717) is 5.82 Å². The zero-order valence-corrected chi connectivity index (χ0v) is 9.68. The van der Waals surface area contributed by atoms with Crippen molar-refractivity contribution in [1.29, 1.82) is 0 Å². The van der Waals surface area contributed by atoms with E-state index in [1.165, 1.54) is 0 Å². The molecule has 15 heavy (non-hydrogen) atoms. The number of thioether (sulfide) groups is 1. The molecule has 0 aliphatic rings. The Balaban J connectivity index is 1.96. The molecule has 0 fully saturated rings. The zero-order chi connectivity index (χ0) is 10.7. The van der Waals surface area contributed by atoms with Crippen LogP contribution in [-0.4, -0.2) is 20.2 Å². The van der Waals surface area contributed by atoms with Crippen LogP contribution in [0, 0.1) is 6.92 Å². The van der Waals surface area contributed by atoms with Crippen LogP contribution in [0.5, 0.6) is 0 Å². The Morgan fingerprint density at radius 1 is 1.33 bits per heavy atom. The summed E-state index contributed by atoms with van der Waals surface area (Å²) >= 11 is 3.18. The minimum Gasteiger partial charge on any atom is -0.382 e. The number of anilines is 1. The summed E-state index contributed by atoms with van der Waals surface area (Å²) in [4.78, 5) is 8.11. The van der Waals surface area contributed by atoms with E-state index in [0.717, 1.165) is 20.8 Å². The first kappa shape index (κ1) is 10.3. The van der Waals surface area contributed by atoms with E-state index in [9.17, 15) is 0 Å². The number of nitrogens with zero attached hydrogens (tertiary/aromatic N) is 4. The molecular formula is C8H9N5S2.